The van der Waals surface area contributed by atoms with Crippen LogP contribution in [0.2, 0.25) is 0 Å². The van der Waals surface area contributed by atoms with Gasteiger partial charge in [-0.15, -0.1) is 0 Å². The molecule has 0 amide bonds. The molecule has 94 valence electrons. The van der Waals surface area contributed by atoms with Crippen LogP contribution in [-0.2, 0) is 5.54 Å². The topological polar surface area (TPSA) is 32.3 Å². The van der Waals surface area contributed by atoms with Gasteiger partial charge in [-0.25, -0.2) is 0 Å². The summed E-state index contributed by atoms with van der Waals surface area (Å²) in [6.45, 7) is 4.13. The molecular formula is C16H19NO. The van der Waals surface area contributed by atoms with Crippen molar-refractivity contribution in [3.05, 3.63) is 65.7 Å². The van der Waals surface area contributed by atoms with Crippen LogP contribution >= 0.6 is 0 Å². The van der Waals surface area contributed by atoms with E-state index in [1.54, 1.807) is 0 Å². The van der Waals surface area contributed by atoms with Crippen LogP contribution in [0, 0.1) is 6.92 Å². The summed E-state index contributed by atoms with van der Waals surface area (Å²) in [5.74, 6) is 0. The summed E-state index contributed by atoms with van der Waals surface area (Å²) < 4.78 is 0. The minimum atomic E-state index is -0.466. The number of para-hydroxylation sites is 1. The highest BCUT2D eigenvalue weighted by Crippen LogP contribution is 2.27. The van der Waals surface area contributed by atoms with Gasteiger partial charge < -0.3 is 10.4 Å². The van der Waals surface area contributed by atoms with Crippen LogP contribution in [0.5, 0.6) is 0 Å². The molecule has 2 N–H and O–H groups in total. The lowest BCUT2D eigenvalue weighted by molar-refractivity contribution is 0.223. The molecule has 2 aromatic carbocycles. The second-order valence-electron chi connectivity index (χ2n) is 4.80. The predicted molar refractivity (Wildman–Crippen MR) is 75.7 cm³/mol. The number of hydrogen-bond donors (Lipinski definition) is 2. The average Bonchev–Trinajstić information content (AvgIpc) is 2.40. The van der Waals surface area contributed by atoms with Gasteiger partial charge in [0.05, 0.1) is 12.1 Å². The zero-order chi connectivity index (χ0) is 13.0. The van der Waals surface area contributed by atoms with E-state index in [9.17, 15) is 5.11 Å². The van der Waals surface area contributed by atoms with Crippen molar-refractivity contribution in [3.8, 4) is 0 Å². The SMILES string of the molecule is Cc1ccccc1C(C)(CO)Nc1ccccc1. The molecule has 0 aliphatic heterocycles. The highest BCUT2D eigenvalue weighted by molar-refractivity contribution is 5.48. The third-order valence-corrected chi connectivity index (χ3v) is 3.25. The van der Waals surface area contributed by atoms with Crippen LogP contribution in [0.4, 0.5) is 5.69 Å². The fraction of sp³-hybridized carbons (Fsp3) is 0.250. The third kappa shape index (κ3) is 2.54. The summed E-state index contributed by atoms with van der Waals surface area (Å²) in [6, 6.07) is 18.1. The van der Waals surface area contributed by atoms with E-state index in [1.165, 1.54) is 5.56 Å². The molecule has 0 heterocycles. The zero-order valence-corrected chi connectivity index (χ0v) is 10.9. The Morgan fingerprint density at radius 3 is 2.22 bits per heavy atom. The number of hydrogen-bond acceptors (Lipinski definition) is 2. The molecule has 0 saturated heterocycles. The van der Waals surface area contributed by atoms with Gasteiger partial charge in [0.1, 0.15) is 0 Å². The van der Waals surface area contributed by atoms with Crippen LogP contribution in [0.15, 0.2) is 54.6 Å². The quantitative estimate of drug-likeness (QED) is 0.860. The van der Waals surface area contributed by atoms with Gasteiger partial charge in [0.2, 0.25) is 0 Å². The molecule has 1 atom stereocenters. The molecule has 0 aliphatic rings. The number of aryl methyl sites for hydroxylation is 1. The third-order valence-electron chi connectivity index (χ3n) is 3.25. The molecule has 0 aromatic heterocycles. The molecule has 0 radical (unpaired) electrons. The number of nitrogens with one attached hydrogen (secondary N) is 1. The van der Waals surface area contributed by atoms with Gasteiger partial charge in [-0.1, -0.05) is 42.5 Å². The highest BCUT2D eigenvalue weighted by Gasteiger charge is 2.26. The lowest BCUT2D eigenvalue weighted by Gasteiger charge is -2.32. The number of anilines is 1. The molecule has 0 saturated carbocycles. The first-order valence-corrected chi connectivity index (χ1v) is 6.16. The van der Waals surface area contributed by atoms with Gasteiger partial charge in [-0.05, 0) is 37.1 Å². The van der Waals surface area contributed by atoms with Crippen molar-refractivity contribution in [2.75, 3.05) is 11.9 Å². The van der Waals surface area contributed by atoms with Crippen molar-refractivity contribution >= 4 is 5.69 Å². The Balaban J connectivity index is 2.34. The Kier molecular flexibility index (Phi) is 3.68. The van der Waals surface area contributed by atoms with E-state index in [-0.39, 0.29) is 6.61 Å². The normalized spacial score (nSPS) is 13.9. The van der Waals surface area contributed by atoms with E-state index in [4.69, 9.17) is 0 Å². The molecule has 1 unspecified atom stereocenters. The fourth-order valence-electron chi connectivity index (χ4n) is 2.22. The van der Waals surface area contributed by atoms with Gasteiger partial charge in [0.25, 0.3) is 0 Å². The van der Waals surface area contributed by atoms with Gasteiger partial charge in [0, 0.05) is 5.69 Å². The van der Waals surface area contributed by atoms with Crippen LogP contribution < -0.4 is 5.32 Å². The molecule has 0 spiro atoms. The Labute approximate surface area is 108 Å². The molecule has 0 aliphatic carbocycles. The maximum atomic E-state index is 9.76. The van der Waals surface area contributed by atoms with Crippen LogP contribution in [-0.4, -0.2) is 11.7 Å². The van der Waals surface area contributed by atoms with E-state index in [0.717, 1.165) is 11.3 Å². The maximum Gasteiger partial charge on any atom is 0.0830 e. The fourth-order valence-corrected chi connectivity index (χ4v) is 2.22. The van der Waals surface area contributed by atoms with E-state index in [0.29, 0.717) is 0 Å². The largest absolute Gasteiger partial charge is 0.394 e. The van der Waals surface area contributed by atoms with E-state index in [2.05, 4.69) is 24.4 Å². The summed E-state index contributed by atoms with van der Waals surface area (Å²) >= 11 is 0. The number of aliphatic hydroxyl groups excluding tert-OH is 1. The molecule has 2 nitrogen and oxygen atoms in total. The van der Waals surface area contributed by atoms with Gasteiger partial charge in [-0.2, -0.15) is 0 Å². The summed E-state index contributed by atoms with van der Waals surface area (Å²) in [6.07, 6.45) is 0. The first-order chi connectivity index (χ1) is 8.65. The minimum Gasteiger partial charge on any atom is -0.394 e. The van der Waals surface area contributed by atoms with Gasteiger partial charge in [0.15, 0.2) is 0 Å². The van der Waals surface area contributed by atoms with Crippen LogP contribution in [0.25, 0.3) is 0 Å². The minimum absolute atomic E-state index is 0.0484. The first-order valence-electron chi connectivity index (χ1n) is 6.16. The standard InChI is InChI=1S/C16H19NO/c1-13-8-6-7-11-15(13)16(2,12-18)17-14-9-4-3-5-10-14/h3-11,17-18H,12H2,1-2H3. The Hall–Kier alpha value is -1.80. The van der Waals surface area contributed by atoms with E-state index >= 15 is 0 Å². The van der Waals surface area contributed by atoms with Gasteiger partial charge in [-0.3, -0.25) is 0 Å². The molecule has 2 rings (SSSR count). The molecule has 0 bridgehead atoms. The molecule has 18 heavy (non-hydrogen) atoms. The lowest BCUT2D eigenvalue weighted by Crippen LogP contribution is -2.36. The predicted octanol–water partition coefficient (Wildman–Crippen LogP) is 3.31. The van der Waals surface area contributed by atoms with Gasteiger partial charge >= 0.3 is 0 Å². The summed E-state index contributed by atoms with van der Waals surface area (Å²) in [5.41, 5.74) is 2.85. The summed E-state index contributed by atoms with van der Waals surface area (Å²) in [5, 5.41) is 13.2. The maximum absolute atomic E-state index is 9.76. The average molecular weight is 241 g/mol. The van der Waals surface area contributed by atoms with Crippen molar-refractivity contribution in [1.29, 1.82) is 0 Å². The van der Waals surface area contributed by atoms with Crippen LogP contribution in [0.3, 0.4) is 0 Å². The van der Waals surface area contributed by atoms with E-state index < -0.39 is 5.54 Å². The monoisotopic (exact) mass is 241 g/mol. The lowest BCUT2D eigenvalue weighted by atomic mass is 9.89. The number of benzene rings is 2. The Morgan fingerprint density at radius 2 is 1.61 bits per heavy atom. The Morgan fingerprint density at radius 1 is 1.00 bits per heavy atom. The molecule has 0 fully saturated rings. The molecular weight excluding hydrogens is 222 g/mol. The van der Waals surface area contributed by atoms with Crippen molar-refractivity contribution in [3.63, 3.8) is 0 Å². The Bertz CT molecular complexity index is 510. The second kappa shape index (κ2) is 5.23. The highest BCUT2D eigenvalue weighted by atomic mass is 16.3. The van der Waals surface area contributed by atoms with Crippen molar-refractivity contribution < 1.29 is 5.11 Å². The van der Waals surface area contributed by atoms with Crippen molar-refractivity contribution in [2.45, 2.75) is 19.4 Å². The number of aliphatic hydroxyl groups is 1. The zero-order valence-electron chi connectivity index (χ0n) is 10.9. The number of rotatable bonds is 4. The summed E-state index contributed by atoms with van der Waals surface area (Å²) in [4.78, 5) is 0. The van der Waals surface area contributed by atoms with Crippen LogP contribution in [0.1, 0.15) is 18.1 Å². The smallest absolute Gasteiger partial charge is 0.0830 e. The molecule has 2 heteroatoms. The van der Waals surface area contributed by atoms with Crippen molar-refractivity contribution in [1.82, 2.24) is 0 Å². The second-order valence-corrected chi connectivity index (χ2v) is 4.80. The first kappa shape index (κ1) is 12.7. The van der Waals surface area contributed by atoms with E-state index in [1.807, 2.05) is 49.4 Å². The summed E-state index contributed by atoms with van der Waals surface area (Å²) in [7, 11) is 0. The molecule has 2 aromatic rings. The van der Waals surface area contributed by atoms with Crippen molar-refractivity contribution in [2.24, 2.45) is 0 Å².